The lowest BCUT2D eigenvalue weighted by molar-refractivity contribution is -0.113. The smallest absolute Gasteiger partial charge is 0.234 e. The number of imidazole rings is 1. The second-order valence-corrected chi connectivity index (χ2v) is 7.04. The van der Waals surface area contributed by atoms with Gasteiger partial charge in [-0.15, -0.1) is 16.4 Å². The van der Waals surface area contributed by atoms with Crippen LogP contribution in [0.15, 0.2) is 47.2 Å². The summed E-state index contributed by atoms with van der Waals surface area (Å²) in [5.41, 5.74) is 2.57. The Labute approximate surface area is 150 Å². The van der Waals surface area contributed by atoms with E-state index in [2.05, 4.69) is 25.8 Å². The van der Waals surface area contributed by atoms with E-state index in [9.17, 15) is 4.79 Å². The highest BCUT2D eigenvalue weighted by Crippen LogP contribution is 2.24. The van der Waals surface area contributed by atoms with Crippen molar-refractivity contribution < 1.29 is 4.79 Å². The molecule has 8 nitrogen and oxygen atoms in total. The maximum absolute atomic E-state index is 12.1. The van der Waals surface area contributed by atoms with Gasteiger partial charge in [0.05, 0.1) is 11.4 Å². The lowest BCUT2D eigenvalue weighted by Gasteiger charge is -2.06. The molecular weight excluding hydrogens is 358 g/mol. The minimum Gasteiger partial charge on any atom is -0.325 e. The van der Waals surface area contributed by atoms with Crippen LogP contribution in [0.5, 0.6) is 0 Å². The zero-order chi connectivity index (χ0) is 17.2. The molecule has 25 heavy (non-hydrogen) atoms. The lowest BCUT2D eigenvalue weighted by Crippen LogP contribution is -2.14. The van der Waals surface area contributed by atoms with Crippen LogP contribution in [0.1, 0.15) is 0 Å². The van der Waals surface area contributed by atoms with Gasteiger partial charge >= 0.3 is 0 Å². The van der Waals surface area contributed by atoms with Crippen LogP contribution in [0, 0.1) is 0 Å². The molecule has 4 aromatic rings. The molecule has 0 unspecified atom stereocenters. The van der Waals surface area contributed by atoms with Crippen molar-refractivity contribution in [1.82, 2.24) is 29.6 Å². The molecule has 3 aromatic heterocycles. The van der Waals surface area contributed by atoms with Crippen molar-refractivity contribution in [3.05, 3.63) is 42.0 Å². The van der Waals surface area contributed by atoms with Gasteiger partial charge in [-0.1, -0.05) is 23.9 Å². The van der Waals surface area contributed by atoms with Crippen LogP contribution in [-0.4, -0.2) is 41.3 Å². The highest BCUT2D eigenvalue weighted by Gasteiger charge is 2.10. The Bertz CT molecular complexity index is 1010. The molecule has 0 aliphatic heterocycles. The Morgan fingerprint density at radius 1 is 1.40 bits per heavy atom. The molecule has 0 aliphatic rings. The van der Waals surface area contributed by atoms with Gasteiger partial charge < -0.3 is 5.32 Å². The highest BCUT2D eigenvalue weighted by molar-refractivity contribution is 7.99. The summed E-state index contributed by atoms with van der Waals surface area (Å²) in [6, 6.07) is 7.65. The van der Waals surface area contributed by atoms with Crippen molar-refractivity contribution in [2.75, 3.05) is 11.1 Å². The SMILES string of the molecule is Cn1nnnc1SCC(=O)Nc1cccc(-c2cn3ccsc3n2)c1. The number of thiazole rings is 1. The first-order chi connectivity index (χ1) is 12.2. The van der Waals surface area contributed by atoms with Gasteiger partial charge in [-0.3, -0.25) is 9.20 Å². The summed E-state index contributed by atoms with van der Waals surface area (Å²) in [5.74, 6) is 0.120. The third-order valence-corrected chi connectivity index (χ3v) is 5.23. The van der Waals surface area contributed by atoms with Crippen LogP contribution in [0.2, 0.25) is 0 Å². The number of aryl methyl sites for hydroxylation is 1. The highest BCUT2D eigenvalue weighted by atomic mass is 32.2. The number of aromatic nitrogens is 6. The van der Waals surface area contributed by atoms with Gasteiger partial charge in [-0.2, -0.15) is 0 Å². The van der Waals surface area contributed by atoms with Crippen LogP contribution in [-0.2, 0) is 11.8 Å². The summed E-state index contributed by atoms with van der Waals surface area (Å²) in [6.45, 7) is 0. The molecule has 0 saturated carbocycles. The topological polar surface area (TPSA) is 90.0 Å². The standard InChI is InChI=1S/C15H13N7OS2/c1-21-15(18-19-20-21)25-9-13(23)16-11-4-2-3-10(7-11)12-8-22-5-6-24-14(22)17-12/h2-8H,9H2,1H3,(H,16,23). The Hall–Kier alpha value is -2.72. The van der Waals surface area contributed by atoms with E-state index in [1.165, 1.54) is 16.4 Å². The van der Waals surface area contributed by atoms with Crippen molar-refractivity contribution in [2.24, 2.45) is 7.05 Å². The van der Waals surface area contributed by atoms with Gasteiger partial charge in [-0.05, 0) is 22.6 Å². The molecule has 0 saturated heterocycles. The first-order valence-electron chi connectivity index (χ1n) is 7.37. The summed E-state index contributed by atoms with van der Waals surface area (Å²) < 4.78 is 3.51. The van der Waals surface area contributed by atoms with Crippen LogP contribution < -0.4 is 5.32 Å². The molecule has 1 amide bonds. The van der Waals surface area contributed by atoms with Crippen LogP contribution in [0.25, 0.3) is 16.2 Å². The largest absolute Gasteiger partial charge is 0.325 e. The number of carbonyl (C=O) groups excluding carboxylic acids is 1. The fourth-order valence-corrected chi connectivity index (χ4v) is 3.64. The summed E-state index contributed by atoms with van der Waals surface area (Å²) in [6.07, 6.45) is 3.95. The first kappa shape index (κ1) is 15.8. The maximum atomic E-state index is 12.1. The van der Waals surface area contributed by atoms with E-state index in [1.54, 1.807) is 18.4 Å². The van der Waals surface area contributed by atoms with Crippen molar-refractivity contribution in [1.29, 1.82) is 0 Å². The molecular formula is C15H13N7OS2. The predicted molar refractivity (Wildman–Crippen MR) is 96.7 cm³/mol. The Morgan fingerprint density at radius 2 is 2.32 bits per heavy atom. The van der Waals surface area contributed by atoms with E-state index < -0.39 is 0 Å². The number of fused-ring (bicyclic) bond motifs is 1. The number of tetrazole rings is 1. The lowest BCUT2D eigenvalue weighted by atomic mass is 10.1. The number of anilines is 1. The Morgan fingerprint density at radius 3 is 3.12 bits per heavy atom. The number of carbonyl (C=O) groups is 1. The van der Waals surface area contributed by atoms with Gasteiger partial charge in [0, 0.05) is 36.1 Å². The molecule has 126 valence electrons. The molecule has 0 atom stereocenters. The summed E-state index contributed by atoms with van der Waals surface area (Å²) in [7, 11) is 1.74. The van der Waals surface area contributed by atoms with E-state index >= 15 is 0 Å². The molecule has 0 bridgehead atoms. The molecule has 0 spiro atoms. The number of hydrogen-bond acceptors (Lipinski definition) is 7. The number of nitrogens with zero attached hydrogens (tertiary/aromatic N) is 6. The average molecular weight is 371 g/mol. The van der Waals surface area contributed by atoms with Crippen molar-refractivity contribution in [2.45, 2.75) is 5.16 Å². The fourth-order valence-electron chi connectivity index (χ4n) is 2.29. The average Bonchev–Trinajstić information content (AvgIpc) is 3.29. The van der Waals surface area contributed by atoms with Gasteiger partial charge in [0.1, 0.15) is 0 Å². The van der Waals surface area contributed by atoms with Crippen molar-refractivity contribution in [3.63, 3.8) is 0 Å². The van der Waals surface area contributed by atoms with Gasteiger partial charge in [0.2, 0.25) is 11.1 Å². The van der Waals surface area contributed by atoms with Crippen LogP contribution in [0.4, 0.5) is 5.69 Å². The summed E-state index contributed by atoms with van der Waals surface area (Å²) >= 11 is 2.87. The number of thioether (sulfide) groups is 1. The quantitative estimate of drug-likeness (QED) is 0.542. The van der Waals surface area contributed by atoms with Crippen molar-refractivity contribution in [3.8, 4) is 11.3 Å². The van der Waals surface area contributed by atoms with E-state index in [4.69, 9.17) is 0 Å². The Balaban J connectivity index is 1.45. The number of nitrogens with one attached hydrogen (secondary N) is 1. The zero-order valence-electron chi connectivity index (χ0n) is 13.2. The van der Waals surface area contributed by atoms with E-state index in [1.807, 2.05) is 46.4 Å². The van der Waals surface area contributed by atoms with E-state index in [-0.39, 0.29) is 11.7 Å². The normalized spacial score (nSPS) is 11.1. The van der Waals surface area contributed by atoms with Gasteiger partial charge in [0.15, 0.2) is 4.96 Å². The fraction of sp³-hybridized carbons (Fsp3) is 0.133. The zero-order valence-corrected chi connectivity index (χ0v) is 14.8. The van der Waals surface area contributed by atoms with Crippen LogP contribution >= 0.6 is 23.1 Å². The maximum Gasteiger partial charge on any atom is 0.234 e. The van der Waals surface area contributed by atoms with E-state index in [0.29, 0.717) is 5.16 Å². The minimum absolute atomic E-state index is 0.115. The third kappa shape index (κ3) is 3.39. The first-order valence-corrected chi connectivity index (χ1v) is 9.23. The van der Waals surface area contributed by atoms with Gasteiger partial charge in [0.25, 0.3) is 0 Å². The minimum atomic E-state index is -0.115. The molecule has 3 heterocycles. The van der Waals surface area contributed by atoms with Crippen LogP contribution in [0.3, 0.4) is 0 Å². The predicted octanol–water partition coefficient (Wildman–Crippen LogP) is 2.32. The molecule has 0 fully saturated rings. The second-order valence-electron chi connectivity index (χ2n) is 5.22. The number of amides is 1. The number of benzene rings is 1. The van der Waals surface area contributed by atoms with E-state index in [0.717, 1.165) is 21.9 Å². The molecule has 4 rings (SSSR count). The summed E-state index contributed by atoms with van der Waals surface area (Å²) in [4.78, 5) is 17.7. The molecule has 10 heteroatoms. The monoisotopic (exact) mass is 371 g/mol. The molecule has 0 radical (unpaired) electrons. The molecule has 1 aromatic carbocycles. The number of rotatable bonds is 5. The Kier molecular flexibility index (Phi) is 4.20. The van der Waals surface area contributed by atoms with Crippen molar-refractivity contribution >= 4 is 39.7 Å². The third-order valence-electron chi connectivity index (χ3n) is 3.45. The number of hydrogen-bond donors (Lipinski definition) is 1. The van der Waals surface area contributed by atoms with Gasteiger partial charge in [-0.25, -0.2) is 9.67 Å². The molecule has 1 N–H and O–H groups in total. The second kappa shape index (κ2) is 6.65. The summed E-state index contributed by atoms with van der Waals surface area (Å²) in [5, 5.41) is 16.6. The molecule has 0 aliphatic carbocycles.